The Balaban J connectivity index is 1.83. The van der Waals surface area contributed by atoms with E-state index in [2.05, 4.69) is 10.2 Å². The molecule has 1 saturated heterocycles. The molecule has 0 aliphatic carbocycles. The van der Waals surface area contributed by atoms with Gasteiger partial charge in [-0.25, -0.2) is 0 Å². The number of carboxylic acid groups (broad SMARTS) is 1. The van der Waals surface area contributed by atoms with Gasteiger partial charge in [0, 0.05) is 18.7 Å². The molecular formula is C17H19N3O4. The fourth-order valence-electron chi connectivity index (χ4n) is 2.96. The highest BCUT2D eigenvalue weighted by Gasteiger charge is 2.30. The average molecular weight is 329 g/mol. The fraction of sp³-hybridized carbons (Fsp3) is 0.353. The molecule has 1 amide bonds. The number of carboxylic acids is 1. The highest BCUT2D eigenvalue weighted by atomic mass is 16.5. The topological polar surface area (TPSA) is 95.5 Å². The zero-order valence-electron chi connectivity index (χ0n) is 13.4. The molecule has 7 nitrogen and oxygen atoms in total. The number of hydrogen-bond acceptors (Lipinski definition) is 4. The Hall–Kier alpha value is -2.83. The molecule has 7 heteroatoms. The third kappa shape index (κ3) is 3.10. The van der Waals surface area contributed by atoms with Gasteiger partial charge in [0.05, 0.1) is 30.5 Å². The molecule has 24 heavy (non-hydrogen) atoms. The number of hydrogen-bond donors (Lipinski definition) is 2. The van der Waals surface area contributed by atoms with Crippen LogP contribution in [0.25, 0.3) is 11.3 Å². The molecule has 3 rings (SSSR count). The van der Waals surface area contributed by atoms with Gasteiger partial charge in [0.25, 0.3) is 5.91 Å². The number of methoxy groups -OCH3 is 1. The van der Waals surface area contributed by atoms with Gasteiger partial charge in [-0.15, -0.1) is 0 Å². The normalized spacial score (nSPS) is 17.5. The number of nitrogens with one attached hydrogen (secondary N) is 1. The number of aliphatic carboxylic acids is 1. The summed E-state index contributed by atoms with van der Waals surface area (Å²) in [5, 5.41) is 16.0. The molecule has 1 aromatic heterocycles. The number of nitrogens with zero attached hydrogens (tertiary/aromatic N) is 2. The number of carbonyl (C=O) groups is 2. The predicted molar refractivity (Wildman–Crippen MR) is 86.8 cm³/mol. The summed E-state index contributed by atoms with van der Waals surface area (Å²) < 4.78 is 5.14. The maximum atomic E-state index is 12.8. The Labute approximate surface area is 139 Å². The summed E-state index contributed by atoms with van der Waals surface area (Å²) >= 11 is 0. The molecule has 0 bridgehead atoms. The lowest BCUT2D eigenvalue weighted by atomic mass is 9.97. The molecule has 1 fully saturated rings. The number of benzene rings is 1. The smallest absolute Gasteiger partial charge is 0.308 e. The van der Waals surface area contributed by atoms with Crippen LogP contribution in [0.5, 0.6) is 5.75 Å². The number of carbonyl (C=O) groups excluding carboxylic acids is 1. The largest absolute Gasteiger partial charge is 0.497 e. The fourth-order valence-corrected chi connectivity index (χ4v) is 2.96. The lowest BCUT2D eigenvalue weighted by molar-refractivity contribution is -0.143. The number of likely N-dealkylation sites (tertiary alicyclic amines) is 1. The van der Waals surface area contributed by atoms with E-state index in [4.69, 9.17) is 4.74 Å². The van der Waals surface area contributed by atoms with Gasteiger partial charge in [0.15, 0.2) is 0 Å². The summed E-state index contributed by atoms with van der Waals surface area (Å²) in [6.45, 7) is 0.803. The first-order chi connectivity index (χ1) is 11.6. The Bertz CT molecular complexity index is 739. The minimum absolute atomic E-state index is 0.194. The molecule has 0 saturated carbocycles. The van der Waals surface area contributed by atoms with Crippen LogP contribution in [0.3, 0.4) is 0 Å². The highest BCUT2D eigenvalue weighted by molar-refractivity contribution is 6.00. The van der Waals surface area contributed by atoms with Gasteiger partial charge in [-0.2, -0.15) is 5.10 Å². The van der Waals surface area contributed by atoms with Crippen LogP contribution in [0.4, 0.5) is 0 Å². The van der Waals surface area contributed by atoms with Crippen molar-refractivity contribution in [2.24, 2.45) is 5.92 Å². The van der Waals surface area contributed by atoms with Crippen LogP contribution in [-0.4, -0.2) is 52.3 Å². The predicted octanol–water partition coefficient (Wildman–Crippen LogP) is 2.02. The summed E-state index contributed by atoms with van der Waals surface area (Å²) in [6.07, 6.45) is 2.79. The molecule has 0 unspecified atom stereocenters. The van der Waals surface area contributed by atoms with Crippen molar-refractivity contribution in [3.05, 3.63) is 36.0 Å². The number of rotatable bonds is 4. The number of aromatic nitrogens is 2. The first-order valence-electron chi connectivity index (χ1n) is 7.80. The highest BCUT2D eigenvalue weighted by Crippen LogP contribution is 2.26. The molecule has 1 atom stereocenters. The van der Waals surface area contributed by atoms with Crippen LogP contribution in [0.2, 0.25) is 0 Å². The summed E-state index contributed by atoms with van der Waals surface area (Å²) in [6, 6.07) is 7.32. The van der Waals surface area contributed by atoms with Gasteiger partial charge in [-0.05, 0) is 37.1 Å². The summed E-state index contributed by atoms with van der Waals surface area (Å²) in [7, 11) is 1.59. The van der Waals surface area contributed by atoms with Crippen molar-refractivity contribution in [1.29, 1.82) is 0 Å². The average Bonchev–Trinajstić information content (AvgIpc) is 3.11. The van der Waals surface area contributed by atoms with E-state index in [0.29, 0.717) is 30.6 Å². The minimum atomic E-state index is -0.852. The third-order valence-electron chi connectivity index (χ3n) is 4.31. The standard InChI is InChI=1S/C17H19N3O4/c1-24-13-6-4-11(5-7-13)15-14(9-18-19-15)16(21)20-8-2-3-12(10-20)17(22)23/h4-7,9,12H,2-3,8,10H2,1H3,(H,18,19)(H,22,23)/t12-/m0/s1. The van der Waals surface area contributed by atoms with Crippen molar-refractivity contribution in [1.82, 2.24) is 15.1 Å². The minimum Gasteiger partial charge on any atom is -0.497 e. The lowest BCUT2D eigenvalue weighted by Crippen LogP contribution is -2.42. The zero-order valence-corrected chi connectivity index (χ0v) is 13.4. The van der Waals surface area contributed by atoms with Crippen LogP contribution >= 0.6 is 0 Å². The molecule has 2 N–H and O–H groups in total. The van der Waals surface area contributed by atoms with Crippen molar-refractivity contribution in [3.8, 4) is 17.0 Å². The van der Waals surface area contributed by atoms with E-state index in [9.17, 15) is 14.7 Å². The molecule has 0 radical (unpaired) electrons. The number of amides is 1. The van der Waals surface area contributed by atoms with E-state index >= 15 is 0 Å². The van der Waals surface area contributed by atoms with Crippen molar-refractivity contribution in [2.75, 3.05) is 20.2 Å². The second-order valence-corrected chi connectivity index (χ2v) is 5.82. The van der Waals surface area contributed by atoms with Gasteiger partial charge in [-0.3, -0.25) is 14.7 Å². The molecule has 1 aliphatic rings. The van der Waals surface area contributed by atoms with Crippen LogP contribution in [0, 0.1) is 5.92 Å². The maximum Gasteiger partial charge on any atom is 0.308 e. The monoisotopic (exact) mass is 329 g/mol. The molecule has 0 spiro atoms. The van der Waals surface area contributed by atoms with Gasteiger partial charge in [0.1, 0.15) is 5.75 Å². The molecule has 126 valence electrons. The molecule has 2 heterocycles. The van der Waals surface area contributed by atoms with Crippen molar-refractivity contribution < 1.29 is 19.4 Å². The third-order valence-corrected chi connectivity index (χ3v) is 4.31. The quantitative estimate of drug-likeness (QED) is 0.895. The Kier molecular flexibility index (Phi) is 4.50. The van der Waals surface area contributed by atoms with E-state index in [-0.39, 0.29) is 12.5 Å². The van der Waals surface area contributed by atoms with Crippen molar-refractivity contribution >= 4 is 11.9 Å². The second-order valence-electron chi connectivity index (χ2n) is 5.82. The second kappa shape index (κ2) is 6.74. The molecule has 2 aromatic rings. The van der Waals surface area contributed by atoms with Crippen molar-refractivity contribution in [2.45, 2.75) is 12.8 Å². The summed E-state index contributed by atoms with van der Waals surface area (Å²) in [5.41, 5.74) is 1.90. The van der Waals surface area contributed by atoms with Gasteiger partial charge >= 0.3 is 5.97 Å². The van der Waals surface area contributed by atoms with Crippen LogP contribution < -0.4 is 4.74 Å². The van der Waals surface area contributed by atoms with Gasteiger partial charge in [0.2, 0.25) is 0 Å². The van der Waals surface area contributed by atoms with Crippen LogP contribution in [0.1, 0.15) is 23.2 Å². The molecule has 1 aliphatic heterocycles. The molecular weight excluding hydrogens is 310 g/mol. The van der Waals surface area contributed by atoms with Gasteiger partial charge < -0.3 is 14.7 Å². The van der Waals surface area contributed by atoms with Crippen molar-refractivity contribution in [3.63, 3.8) is 0 Å². The first-order valence-corrected chi connectivity index (χ1v) is 7.80. The van der Waals surface area contributed by atoms with Crippen LogP contribution in [0.15, 0.2) is 30.5 Å². The maximum absolute atomic E-state index is 12.8. The first kappa shape index (κ1) is 16.0. The summed E-state index contributed by atoms with van der Waals surface area (Å²) in [4.78, 5) is 25.6. The lowest BCUT2D eigenvalue weighted by Gasteiger charge is -2.30. The Morgan fingerprint density at radius 3 is 2.75 bits per heavy atom. The number of piperidine rings is 1. The number of ether oxygens (including phenoxy) is 1. The van der Waals surface area contributed by atoms with Crippen LogP contribution in [-0.2, 0) is 4.79 Å². The van der Waals surface area contributed by atoms with E-state index in [1.807, 2.05) is 24.3 Å². The number of H-pyrrole nitrogens is 1. The molecule has 1 aromatic carbocycles. The van der Waals surface area contributed by atoms with E-state index in [1.54, 1.807) is 12.0 Å². The Morgan fingerprint density at radius 2 is 2.08 bits per heavy atom. The van der Waals surface area contributed by atoms with E-state index in [1.165, 1.54) is 6.20 Å². The Morgan fingerprint density at radius 1 is 1.33 bits per heavy atom. The summed E-state index contributed by atoms with van der Waals surface area (Å²) in [5.74, 6) is -0.818. The van der Waals surface area contributed by atoms with Gasteiger partial charge in [-0.1, -0.05) is 0 Å². The van der Waals surface area contributed by atoms with E-state index in [0.717, 1.165) is 11.3 Å². The SMILES string of the molecule is COc1ccc(-c2[nH]ncc2C(=O)N2CCC[C@H](C(=O)O)C2)cc1. The number of aromatic amines is 1. The van der Waals surface area contributed by atoms with E-state index < -0.39 is 11.9 Å². The zero-order chi connectivity index (χ0) is 17.1.